The second-order valence-electron chi connectivity index (χ2n) is 7.19. The van der Waals surface area contributed by atoms with Gasteiger partial charge in [0.2, 0.25) is 0 Å². The summed E-state index contributed by atoms with van der Waals surface area (Å²) >= 11 is 0. The van der Waals surface area contributed by atoms with Gasteiger partial charge in [0.1, 0.15) is 17.7 Å². The molecule has 1 aliphatic heterocycles. The first-order chi connectivity index (χ1) is 12.9. The van der Waals surface area contributed by atoms with Gasteiger partial charge in [-0.3, -0.25) is 4.99 Å². The van der Waals surface area contributed by atoms with E-state index in [2.05, 4.69) is 29.6 Å². The molecule has 0 radical (unpaired) electrons. The molecule has 2 N–H and O–H groups in total. The van der Waals surface area contributed by atoms with Crippen LogP contribution in [0.5, 0.6) is 5.75 Å². The van der Waals surface area contributed by atoms with E-state index in [1.807, 2.05) is 13.8 Å². The summed E-state index contributed by atoms with van der Waals surface area (Å²) in [6.45, 7) is 7.68. The minimum absolute atomic E-state index is 0. The highest BCUT2D eigenvalue weighted by Crippen LogP contribution is 2.26. The predicted molar refractivity (Wildman–Crippen MR) is 122 cm³/mol. The molecule has 0 aliphatic carbocycles. The van der Waals surface area contributed by atoms with Crippen LogP contribution < -0.4 is 15.4 Å². The largest absolute Gasteiger partial charge is 0.489 e. The Kier molecular flexibility index (Phi) is 11.1. The van der Waals surface area contributed by atoms with Crippen molar-refractivity contribution < 1.29 is 13.9 Å². The van der Waals surface area contributed by atoms with Crippen molar-refractivity contribution in [2.75, 3.05) is 46.9 Å². The molecule has 8 heteroatoms. The summed E-state index contributed by atoms with van der Waals surface area (Å²) in [6, 6.07) is 6.07. The van der Waals surface area contributed by atoms with E-state index in [-0.39, 0.29) is 41.4 Å². The van der Waals surface area contributed by atoms with Crippen LogP contribution in [0.15, 0.2) is 29.3 Å². The van der Waals surface area contributed by atoms with Crippen molar-refractivity contribution in [1.29, 1.82) is 0 Å². The van der Waals surface area contributed by atoms with E-state index in [0.29, 0.717) is 18.8 Å². The van der Waals surface area contributed by atoms with Crippen molar-refractivity contribution in [1.82, 2.24) is 15.5 Å². The minimum Gasteiger partial charge on any atom is -0.489 e. The first kappa shape index (κ1) is 24.9. The molecule has 0 aromatic heterocycles. The maximum atomic E-state index is 13.0. The van der Waals surface area contributed by atoms with Crippen LogP contribution in [0.4, 0.5) is 4.39 Å². The van der Waals surface area contributed by atoms with Gasteiger partial charge in [-0.15, -0.1) is 24.0 Å². The Morgan fingerprint density at radius 2 is 1.89 bits per heavy atom. The number of benzene rings is 1. The van der Waals surface area contributed by atoms with Crippen molar-refractivity contribution in [2.24, 2.45) is 4.99 Å². The Morgan fingerprint density at radius 3 is 2.46 bits per heavy atom. The Morgan fingerprint density at radius 1 is 1.25 bits per heavy atom. The molecular formula is C20H34FIN4O2. The van der Waals surface area contributed by atoms with Crippen LogP contribution in [0, 0.1) is 5.82 Å². The van der Waals surface area contributed by atoms with Gasteiger partial charge < -0.3 is 25.0 Å². The average molecular weight is 508 g/mol. The van der Waals surface area contributed by atoms with Crippen molar-refractivity contribution in [3.63, 3.8) is 0 Å². The number of nitrogens with one attached hydrogen (secondary N) is 2. The number of hydrogen-bond acceptors (Lipinski definition) is 4. The summed E-state index contributed by atoms with van der Waals surface area (Å²) in [5.74, 6) is 1.17. The summed E-state index contributed by atoms with van der Waals surface area (Å²) in [7, 11) is 4.22. The Bertz CT molecular complexity index is 592. The molecule has 1 aromatic carbocycles. The van der Waals surface area contributed by atoms with Crippen molar-refractivity contribution in [3.05, 3.63) is 30.1 Å². The highest BCUT2D eigenvalue weighted by molar-refractivity contribution is 14.0. The zero-order valence-electron chi connectivity index (χ0n) is 17.3. The lowest BCUT2D eigenvalue weighted by Gasteiger charge is -2.41. The van der Waals surface area contributed by atoms with Crippen LogP contribution in [-0.2, 0) is 4.74 Å². The highest BCUT2D eigenvalue weighted by Gasteiger charge is 2.34. The number of ether oxygens (including phenoxy) is 2. The van der Waals surface area contributed by atoms with E-state index < -0.39 is 0 Å². The standard InChI is InChI=1S/C20H33FN4O2.HI/c1-5-22-19(24-15-20(25(3)4)10-12-26-13-11-20)23-14-16(2)27-18-8-6-17(21)7-9-18;/h6-9,16H,5,10-15H2,1-4H3,(H2,22,23,24);1H. The topological polar surface area (TPSA) is 58.1 Å². The zero-order valence-corrected chi connectivity index (χ0v) is 19.7. The number of likely N-dealkylation sites (N-methyl/N-ethyl adjacent to an activating group) is 1. The van der Waals surface area contributed by atoms with Gasteiger partial charge >= 0.3 is 0 Å². The molecule has 6 nitrogen and oxygen atoms in total. The lowest BCUT2D eigenvalue weighted by Crippen LogP contribution is -2.52. The first-order valence-corrected chi connectivity index (χ1v) is 9.65. The van der Waals surface area contributed by atoms with Crippen LogP contribution in [0.3, 0.4) is 0 Å². The van der Waals surface area contributed by atoms with Gasteiger partial charge in [0.05, 0.1) is 13.1 Å². The number of aliphatic imine (C=N–C) groups is 1. The highest BCUT2D eigenvalue weighted by atomic mass is 127. The van der Waals surface area contributed by atoms with Gasteiger partial charge in [0.25, 0.3) is 0 Å². The fourth-order valence-corrected chi connectivity index (χ4v) is 3.09. The molecule has 1 fully saturated rings. The predicted octanol–water partition coefficient (Wildman–Crippen LogP) is 2.88. The minimum atomic E-state index is -0.266. The Hall–Kier alpha value is -1.13. The van der Waals surface area contributed by atoms with Crippen molar-refractivity contribution in [2.45, 2.75) is 38.3 Å². The summed E-state index contributed by atoms with van der Waals surface area (Å²) < 4.78 is 24.3. The fraction of sp³-hybridized carbons (Fsp3) is 0.650. The summed E-state index contributed by atoms with van der Waals surface area (Å²) in [5.41, 5.74) is 0.0385. The first-order valence-electron chi connectivity index (χ1n) is 9.65. The van der Waals surface area contributed by atoms with Crippen molar-refractivity contribution >= 4 is 29.9 Å². The van der Waals surface area contributed by atoms with E-state index >= 15 is 0 Å². The van der Waals surface area contributed by atoms with Gasteiger partial charge in [-0.05, 0) is 65.0 Å². The maximum absolute atomic E-state index is 13.0. The molecule has 160 valence electrons. The Labute approximate surface area is 185 Å². The number of rotatable bonds is 8. The van der Waals surface area contributed by atoms with Crippen molar-refractivity contribution in [3.8, 4) is 5.75 Å². The number of hydrogen-bond donors (Lipinski definition) is 2. The molecule has 0 saturated carbocycles. The van der Waals surface area contributed by atoms with Gasteiger partial charge in [0.15, 0.2) is 5.96 Å². The van der Waals surface area contributed by atoms with Gasteiger partial charge in [-0.1, -0.05) is 0 Å². The molecule has 1 unspecified atom stereocenters. The molecule has 1 aromatic rings. The lowest BCUT2D eigenvalue weighted by atomic mass is 9.89. The van der Waals surface area contributed by atoms with Crippen LogP contribution in [0.1, 0.15) is 26.7 Å². The second-order valence-corrected chi connectivity index (χ2v) is 7.19. The van der Waals surface area contributed by atoms with Gasteiger partial charge in [-0.2, -0.15) is 0 Å². The molecule has 0 amide bonds. The molecule has 1 atom stereocenters. The van der Waals surface area contributed by atoms with Crippen LogP contribution >= 0.6 is 24.0 Å². The summed E-state index contributed by atoms with van der Waals surface area (Å²) in [5, 5.41) is 6.63. The molecular weight excluding hydrogens is 474 g/mol. The quantitative estimate of drug-likeness (QED) is 0.322. The Balaban J connectivity index is 0.00000392. The van der Waals surface area contributed by atoms with Crippen LogP contribution in [0.2, 0.25) is 0 Å². The SMILES string of the molecule is CCNC(=NCC1(N(C)C)CCOCC1)NCC(C)Oc1ccc(F)cc1.I. The monoisotopic (exact) mass is 508 g/mol. The third kappa shape index (κ3) is 7.71. The molecule has 1 aliphatic rings. The average Bonchev–Trinajstić information content (AvgIpc) is 2.66. The maximum Gasteiger partial charge on any atom is 0.191 e. The smallest absolute Gasteiger partial charge is 0.191 e. The molecule has 0 spiro atoms. The summed E-state index contributed by atoms with van der Waals surface area (Å²) in [6.07, 6.45) is 1.88. The molecule has 2 rings (SSSR count). The molecule has 1 heterocycles. The van der Waals surface area contributed by atoms with Gasteiger partial charge in [-0.25, -0.2) is 4.39 Å². The normalized spacial score (nSPS) is 17.6. The van der Waals surface area contributed by atoms with E-state index in [0.717, 1.165) is 38.6 Å². The second kappa shape index (κ2) is 12.4. The lowest BCUT2D eigenvalue weighted by molar-refractivity contribution is -0.00255. The number of nitrogens with zero attached hydrogens (tertiary/aromatic N) is 2. The number of guanidine groups is 1. The third-order valence-electron chi connectivity index (χ3n) is 4.96. The van der Waals surface area contributed by atoms with E-state index in [4.69, 9.17) is 14.5 Å². The summed E-state index contributed by atoms with van der Waals surface area (Å²) in [4.78, 5) is 7.08. The molecule has 1 saturated heterocycles. The third-order valence-corrected chi connectivity index (χ3v) is 4.96. The van der Waals surface area contributed by atoms with E-state index in [1.165, 1.54) is 12.1 Å². The molecule has 28 heavy (non-hydrogen) atoms. The van der Waals surface area contributed by atoms with Crippen LogP contribution in [0.25, 0.3) is 0 Å². The van der Waals surface area contributed by atoms with E-state index in [1.54, 1.807) is 12.1 Å². The van der Waals surface area contributed by atoms with E-state index in [9.17, 15) is 4.39 Å². The molecule has 0 bridgehead atoms. The number of halogens is 2. The van der Waals surface area contributed by atoms with Crippen LogP contribution in [-0.4, -0.2) is 69.4 Å². The van der Waals surface area contributed by atoms with Gasteiger partial charge in [0, 0.05) is 25.3 Å². The fourth-order valence-electron chi connectivity index (χ4n) is 3.09. The zero-order chi connectivity index (χ0) is 19.7.